The van der Waals surface area contributed by atoms with Crippen LogP contribution in [0.5, 0.6) is 0 Å². The van der Waals surface area contributed by atoms with Gasteiger partial charge in [0, 0.05) is 5.69 Å². The van der Waals surface area contributed by atoms with Crippen LogP contribution in [0.3, 0.4) is 0 Å². The molecule has 0 radical (unpaired) electrons. The van der Waals surface area contributed by atoms with E-state index < -0.39 is 11.8 Å². The Bertz CT molecular complexity index is 565. The molecule has 0 unspecified atom stereocenters. The molecule has 1 aromatic carbocycles. The fraction of sp³-hybridized carbons (Fsp3) is 0.0909. The predicted molar refractivity (Wildman–Crippen MR) is 63.7 cm³/mol. The lowest BCUT2D eigenvalue weighted by Crippen LogP contribution is -2.18. The van der Waals surface area contributed by atoms with Gasteiger partial charge in [-0.15, -0.1) is 0 Å². The lowest BCUT2D eigenvalue weighted by atomic mass is 10.1. The molecule has 7 nitrogen and oxygen atoms in total. The minimum atomic E-state index is -0.462. The number of benzene rings is 1. The minimum absolute atomic E-state index is 0.0624. The first-order chi connectivity index (χ1) is 8.66. The summed E-state index contributed by atoms with van der Waals surface area (Å²) in [5, 5.41) is 8.68. The minimum Gasteiger partial charge on any atom is -0.369 e. The van der Waals surface area contributed by atoms with Crippen molar-refractivity contribution >= 4 is 17.5 Å². The number of carbonyl (C=O) groups is 2. The highest BCUT2D eigenvalue weighted by Gasteiger charge is 2.11. The third-order valence-corrected chi connectivity index (χ3v) is 2.26. The largest absolute Gasteiger partial charge is 0.369 e. The Morgan fingerprint density at radius 2 is 2.11 bits per heavy atom. The van der Waals surface area contributed by atoms with E-state index in [-0.39, 0.29) is 12.2 Å². The normalized spacial score (nSPS) is 10.0. The number of hydrogen-bond donors (Lipinski definition) is 3. The Balaban J connectivity index is 2.18. The first kappa shape index (κ1) is 11.8. The highest BCUT2D eigenvalue weighted by molar-refractivity contribution is 6.02. The van der Waals surface area contributed by atoms with Crippen LogP contribution in [0, 0.1) is 0 Å². The third kappa shape index (κ3) is 2.70. The molecule has 0 bridgehead atoms. The van der Waals surface area contributed by atoms with Crippen molar-refractivity contribution < 1.29 is 9.59 Å². The van der Waals surface area contributed by atoms with Gasteiger partial charge in [-0.2, -0.15) is 5.10 Å². The molecule has 2 rings (SSSR count). The van der Waals surface area contributed by atoms with Gasteiger partial charge < -0.3 is 11.1 Å². The molecule has 0 spiro atoms. The summed E-state index contributed by atoms with van der Waals surface area (Å²) < 4.78 is 0. The highest BCUT2D eigenvalue weighted by Crippen LogP contribution is 2.15. The monoisotopic (exact) mass is 245 g/mol. The second-order valence-electron chi connectivity index (χ2n) is 3.59. The molecule has 0 atom stereocenters. The third-order valence-electron chi connectivity index (χ3n) is 2.26. The van der Waals surface area contributed by atoms with Crippen LogP contribution in [0.15, 0.2) is 30.6 Å². The Labute approximate surface area is 102 Å². The van der Waals surface area contributed by atoms with Crippen LogP contribution in [0.4, 0.5) is 5.69 Å². The maximum atomic E-state index is 11.8. The Kier molecular flexibility index (Phi) is 3.33. The molecule has 0 saturated heterocycles. The maximum absolute atomic E-state index is 11.8. The van der Waals surface area contributed by atoms with Crippen molar-refractivity contribution in [1.29, 1.82) is 0 Å². The molecule has 0 aliphatic rings. The maximum Gasteiger partial charge on any atom is 0.292 e. The molecule has 0 aliphatic heterocycles. The van der Waals surface area contributed by atoms with Gasteiger partial charge in [0.25, 0.3) is 5.91 Å². The molecule has 0 saturated carbocycles. The van der Waals surface area contributed by atoms with Crippen molar-refractivity contribution in [2.75, 3.05) is 5.32 Å². The Morgan fingerprint density at radius 3 is 2.78 bits per heavy atom. The molecule has 2 aromatic rings. The quantitative estimate of drug-likeness (QED) is 0.707. The fourth-order valence-corrected chi connectivity index (χ4v) is 1.48. The average molecular weight is 245 g/mol. The molecule has 0 fully saturated rings. The SMILES string of the molecule is NC(=O)Cc1ccccc1NC(=O)c1ncn[nH]1. The van der Waals surface area contributed by atoms with Gasteiger partial charge in [-0.1, -0.05) is 18.2 Å². The van der Waals surface area contributed by atoms with E-state index in [4.69, 9.17) is 5.73 Å². The number of anilines is 1. The van der Waals surface area contributed by atoms with E-state index in [0.717, 1.165) is 0 Å². The van der Waals surface area contributed by atoms with Gasteiger partial charge in [-0.05, 0) is 11.6 Å². The number of hydrogen-bond acceptors (Lipinski definition) is 4. The van der Waals surface area contributed by atoms with Crippen molar-refractivity contribution in [3.05, 3.63) is 42.0 Å². The first-order valence-electron chi connectivity index (χ1n) is 5.19. The predicted octanol–water partition coefficient (Wildman–Crippen LogP) is 0.0848. The molecule has 4 N–H and O–H groups in total. The topological polar surface area (TPSA) is 114 Å². The second kappa shape index (κ2) is 5.09. The van der Waals surface area contributed by atoms with Gasteiger partial charge in [0.1, 0.15) is 6.33 Å². The lowest BCUT2D eigenvalue weighted by molar-refractivity contribution is -0.117. The van der Waals surface area contributed by atoms with Gasteiger partial charge >= 0.3 is 0 Å². The van der Waals surface area contributed by atoms with E-state index in [9.17, 15) is 9.59 Å². The summed E-state index contributed by atoms with van der Waals surface area (Å²) in [5.74, 6) is -0.787. The number of nitrogens with two attached hydrogens (primary N) is 1. The number of carbonyl (C=O) groups excluding carboxylic acids is 2. The Hall–Kier alpha value is -2.70. The van der Waals surface area contributed by atoms with Gasteiger partial charge in [-0.3, -0.25) is 14.7 Å². The zero-order valence-corrected chi connectivity index (χ0v) is 9.38. The van der Waals surface area contributed by atoms with E-state index in [1.807, 2.05) is 0 Å². The van der Waals surface area contributed by atoms with E-state index in [1.54, 1.807) is 24.3 Å². The van der Waals surface area contributed by atoms with Crippen molar-refractivity contribution in [2.45, 2.75) is 6.42 Å². The number of nitrogens with zero attached hydrogens (tertiary/aromatic N) is 2. The molecular formula is C11H11N5O2. The zero-order valence-electron chi connectivity index (χ0n) is 9.38. The summed E-state index contributed by atoms with van der Waals surface area (Å²) in [7, 11) is 0. The molecule has 18 heavy (non-hydrogen) atoms. The van der Waals surface area contributed by atoms with Crippen LogP contribution in [-0.4, -0.2) is 27.0 Å². The zero-order chi connectivity index (χ0) is 13.0. The summed E-state index contributed by atoms with van der Waals surface area (Å²) >= 11 is 0. The molecule has 1 aromatic heterocycles. The number of rotatable bonds is 4. The van der Waals surface area contributed by atoms with E-state index in [1.165, 1.54) is 6.33 Å². The second-order valence-corrected chi connectivity index (χ2v) is 3.59. The summed E-state index contributed by atoms with van der Waals surface area (Å²) in [4.78, 5) is 26.4. The molecule has 1 heterocycles. The van der Waals surface area contributed by atoms with Crippen molar-refractivity contribution in [3.63, 3.8) is 0 Å². The smallest absolute Gasteiger partial charge is 0.292 e. The molecular weight excluding hydrogens is 234 g/mol. The number of aromatic amines is 1. The number of H-pyrrole nitrogens is 1. The average Bonchev–Trinajstić information content (AvgIpc) is 2.84. The summed E-state index contributed by atoms with van der Waals surface area (Å²) in [6.45, 7) is 0. The first-order valence-corrected chi connectivity index (χ1v) is 5.19. The van der Waals surface area contributed by atoms with Crippen LogP contribution in [-0.2, 0) is 11.2 Å². The summed E-state index contributed by atoms with van der Waals surface area (Å²) in [6, 6.07) is 6.93. The highest BCUT2D eigenvalue weighted by atomic mass is 16.2. The van der Waals surface area contributed by atoms with Crippen LogP contribution >= 0.6 is 0 Å². The molecule has 0 aliphatic carbocycles. The number of primary amides is 1. The number of aromatic nitrogens is 3. The number of amides is 2. The van der Waals surface area contributed by atoms with Crippen LogP contribution < -0.4 is 11.1 Å². The standard InChI is InChI=1S/C11H11N5O2/c12-9(17)5-7-3-1-2-4-8(7)15-11(18)10-13-6-14-16-10/h1-4,6H,5H2,(H2,12,17)(H,15,18)(H,13,14,16). The van der Waals surface area contributed by atoms with Crippen LogP contribution in [0.2, 0.25) is 0 Å². The van der Waals surface area contributed by atoms with Crippen molar-refractivity contribution in [3.8, 4) is 0 Å². The van der Waals surface area contributed by atoms with Gasteiger partial charge in [0.2, 0.25) is 11.7 Å². The molecule has 92 valence electrons. The Morgan fingerprint density at radius 1 is 1.33 bits per heavy atom. The van der Waals surface area contributed by atoms with Crippen molar-refractivity contribution in [1.82, 2.24) is 15.2 Å². The van der Waals surface area contributed by atoms with Crippen molar-refractivity contribution in [2.24, 2.45) is 5.73 Å². The van der Waals surface area contributed by atoms with E-state index in [2.05, 4.69) is 20.5 Å². The van der Waals surface area contributed by atoms with E-state index in [0.29, 0.717) is 11.3 Å². The lowest BCUT2D eigenvalue weighted by Gasteiger charge is -2.08. The van der Waals surface area contributed by atoms with Gasteiger partial charge in [0.05, 0.1) is 6.42 Å². The van der Waals surface area contributed by atoms with Gasteiger partial charge in [0.15, 0.2) is 0 Å². The molecule has 2 amide bonds. The molecule has 7 heteroatoms. The number of nitrogens with one attached hydrogen (secondary N) is 2. The van der Waals surface area contributed by atoms with Crippen LogP contribution in [0.25, 0.3) is 0 Å². The fourth-order valence-electron chi connectivity index (χ4n) is 1.48. The summed E-state index contributed by atoms with van der Waals surface area (Å²) in [5.41, 5.74) is 6.32. The number of para-hydroxylation sites is 1. The van der Waals surface area contributed by atoms with E-state index >= 15 is 0 Å². The van der Waals surface area contributed by atoms with Crippen LogP contribution in [0.1, 0.15) is 16.2 Å². The van der Waals surface area contributed by atoms with Gasteiger partial charge in [-0.25, -0.2) is 4.98 Å². The summed E-state index contributed by atoms with van der Waals surface area (Å²) in [6.07, 6.45) is 1.30.